The average molecular weight is 699 g/mol. The van der Waals surface area contributed by atoms with E-state index in [1.807, 2.05) is 0 Å². The highest BCUT2D eigenvalue weighted by atomic mass is 79.9. The Morgan fingerprint density at radius 2 is 0.841 bits per heavy atom. The monoisotopic (exact) mass is 698 g/mol. The predicted octanol–water partition coefficient (Wildman–Crippen LogP) is 0.00100. The molecule has 0 aliphatic carbocycles. The summed E-state index contributed by atoms with van der Waals surface area (Å²) < 4.78 is 55.1. The predicted molar refractivity (Wildman–Crippen MR) is 142 cm³/mol. The molecule has 0 amide bonds. The second-order valence-electron chi connectivity index (χ2n) is 9.64. The van der Waals surface area contributed by atoms with Gasteiger partial charge in [-0.1, -0.05) is 15.9 Å². The Morgan fingerprint density at radius 1 is 0.477 bits per heavy atom. The summed E-state index contributed by atoms with van der Waals surface area (Å²) in [6, 6.07) is 0. The van der Waals surface area contributed by atoms with Crippen molar-refractivity contribution in [3.63, 3.8) is 0 Å². The molecule has 44 heavy (non-hydrogen) atoms. The highest BCUT2D eigenvalue weighted by Gasteiger charge is 2.57. The van der Waals surface area contributed by atoms with Crippen molar-refractivity contribution in [1.29, 1.82) is 0 Å². The number of alkyl halides is 1. The molecular formula is C26H35BrO17. The number of halogens is 1. The van der Waals surface area contributed by atoms with Gasteiger partial charge in [-0.05, 0) is 0 Å². The largest absolute Gasteiger partial charge is 0.463 e. The molecule has 2 aliphatic heterocycles. The standard InChI is InChI=1S/C26H35BrO17/c1-10(28)35-8-17-19(37-12(3)30)21(23(25(27)42-17)40-15(6)33)44-26-24(41-16(7)34)22(39-14(5)32)20(38-13(4)31)18(43-26)9-36-11(2)29/h17-26H,8-9H2,1-7H3/t17-,18-,19-,20+,21-,22+,23-,24-,25+,26+/m1/s1. The van der Waals surface area contributed by atoms with Gasteiger partial charge < -0.3 is 47.4 Å². The zero-order valence-electron chi connectivity index (χ0n) is 25.0. The molecule has 0 aromatic carbocycles. The smallest absolute Gasteiger partial charge is 0.303 e. The molecule has 0 aromatic heterocycles. The Hall–Kier alpha value is -3.35. The van der Waals surface area contributed by atoms with Crippen LogP contribution in [0.2, 0.25) is 0 Å². The van der Waals surface area contributed by atoms with Gasteiger partial charge in [-0.25, -0.2) is 0 Å². The lowest BCUT2D eigenvalue weighted by atomic mass is 9.96. The van der Waals surface area contributed by atoms with Crippen molar-refractivity contribution in [2.45, 2.75) is 109 Å². The Labute approximate surface area is 260 Å². The highest BCUT2D eigenvalue weighted by Crippen LogP contribution is 2.36. The Bertz CT molecular complexity index is 1090. The van der Waals surface area contributed by atoms with Crippen LogP contribution >= 0.6 is 15.9 Å². The minimum atomic E-state index is -1.73. The van der Waals surface area contributed by atoms with Crippen LogP contribution in [0.15, 0.2) is 0 Å². The van der Waals surface area contributed by atoms with Crippen molar-refractivity contribution in [2.24, 2.45) is 0 Å². The van der Waals surface area contributed by atoms with Gasteiger partial charge in [-0.3, -0.25) is 33.6 Å². The fraction of sp³-hybridized carbons (Fsp3) is 0.731. The molecule has 0 unspecified atom stereocenters. The summed E-state index contributed by atoms with van der Waals surface area (Å²) >= 11 is 3.25. The van der Waals surface area contributed by atoms with Crippen LogP contribution in [-0.2, 0) is 80.9 Å². The van der Waals surface area contributed by atoms with E-state index in [2.05, 4.69) is 15.9 Å². The summed E-state index contributed by atoms with van der Waals surface area (Å²) in [4.78, 5) is 83.8. The molecule has 0 saturated carbocycles. The normalized spacial score (nSPS) is 31.5. The SMILES string of the molecule is CC(=O)OC[C@H]1O[C@@H](O[C@H]2[C@@H](OC(C)=O)[C@@H](Br)O[C@H](COC(C)=O)[C@H]2OC(C)=O)[C@H](OC(C)=O)[C@@H](OC(C)=O)[C@H]1OC(C)=O. The molecule has 0 bridgehead atoms. The van der Waals surface area contributed by atoms with Gasteiger partial charge in [0.2, 0.25) is 0 Å². The second-order valence-corrected chi connectivity index (χ2v) is 10.5. The number of carbonyl (C=O) groups is 7. The third-order valence-electron chi connectivity index (χ3n) is 5.87. The van der Waals surface area contributed by atoms with Gasteiger partial charge in [0, 0.05) is 48.5 Å². The van der Waals surface area contributed by atoms with Gasteiger partial charge in [0.1, 0.15) is 31.5 Å². The molecule has 0 spiro atoms. The topological polar surface area (TPSA) is 212 Å². The van der Waals surface area contributed by atoms with Crippen molar-refractivity contribution in [2.75, 3.05) is 13.2 Å². The summed E-state index contributed by atoms with van der Waals surface area (Å²) in [5.41, 5.74) is 0. The fourth-order valence-electron chi connectivity index (χ4n) is 4.46. The van der Waals surface area contributed by atoms with Crippen LogP contribution in [0.3, 0.4) is 0 Å². The van der Waals surface area contributed by atoms with Crippen LogP contribution < -0.4 is 0 Å². The third-order valence-corrected chi connectivity index (χ3v) is 6.61. The molecular weight excluding hydrogens is 664 g/mol. The van der Waals surface area contributed by atoms with Gasteiger partial charge >= 0.3 is 41.8 Å². The fourth-order valence-corrected chi connectivity index (χ4v) is 5.14. The van der Waals surface area contributed by atoms with Crippen LogP contribution in [0.5, 0.6) is 0 Å². The molecule has 2 fully saturated rings. The minimum Gasteiger partial charge on any atom is -0.463 e. The van der Waals surface area contributed by atoms with Crippen LogP contribution in [0.1, 0.15) is 48.5 Å². The molecule has 10 atom stereocenters. The first-order chi connectivity index (χ1) is 20.5. The second kappa shape index (κ2) is 16.6. The summed E-state index contributed by atoms with van der Waals surface area (Å²) in [7, 11) is 0. The van der Waals surface area contributed by atoms with E-state index in [-0.39, 0.29) is 0 Å². The molecule has 17 nitrogen and oxygen atoms in total. The molecule has 2 rings (SSSR count). The lowest BCUT2D eigenvalue weighted by molar-refractivity contribution is -0.340. The molecule has 2 saturated heterocycles. The van der Waals surface area contributed by atoms with E-state index in [0.29, 0.717) is 0 Å². The first kappa shape index (κ1) is 36.8. The molecule has 18 heteroatoms. The van der Waals surface area contributed by atoms with Crippen LogP contribution in [0, 0.1) is 0 Å². The minimum absolute atomic E-state index is 0.430. The maximum atomic E-state index is 12.2. The van der Waals surface area contributed by atoms with E-state index < -0.39 is 115 Å². The van der Waals surface area contributed by atoms with Gasteiger partial charge in [0.25, 0.3) is 0 Å². The maximum absolute atomic E-state index is 12.2. The number of ether oxygens (including phenoxy) is 10. The summed E-state index contributed by atoms with van der Waals surface area (Å²) in [6.45, 7) is 6.60. The molecule has 248 valence electrons. The number of carbonyl (C=O) groups excluding carboxylic acids is 7. The summed E-state index contributed by atoms with van der Waals surface area (Å²) in [5.74, 6) is -5.64. The third kappa shape index (κ3) is 11.0. The number of hydrogen-bond acceptors (Lipinski definition) is 17. The van der Waals surface area contributed by atoms with Crippen LogP contribution in [-0.4, -0.2) is 115 Å². The molecule has 0 radical (unpaired) electrons. The number of hydrogen-bond donors (Lipinski definition) is 0. The van der Waals surface area contributed by atoms with Gasteiger partial charge in [-0.2, -0.15) is 0 Å². The van der Waals surface area contributed by atoms with Gasteiger partial charge in [0.15, 0.2) is 41.8 Å². The van der Waals surface area contributed by atoms with E-state index in [1.54, 1.807) is 0 Å². The Morgan fingerprint density at radius 3 is 1.27 bits per heavy atom. The van der Waals surface area contributed by atoms with Crippen molar-refractivity contribution < 1.29 is 80.9 Å². The van der Waals surface area contributed by atoms with Crippen molar-refractivity contribution in [3.05, 3.63) is 0 Å². The van der Waals surface area contributed by atoms with Crippen LogP contribution in [0.4, 0.5) is 0 Å². The van der Waals surface area contributed by atoms with Crippen molar-refractivity contribution in [1.82, 2.24) is 0 Å². The van der Waals surface area contributed by atoms with E-state index in [1.165, 1.54) is 0 Å². The molecule has 2 aliphatic rings. The van der Waals surface area contributed by atoms with E-state index in [9.17, 15) is 33.6 Å². The zero-order valence-corrected chi connectivity index (χ0v) is 26.6. The maximum Gasteiger partial charge on any atom is 0.303 e. The molecule has 0 aromatic rings. The van der Waals surface area contributed by atoms with Gasteiger partial charge in [-0.15, -0.1) is 0 Å². The average Bonchev–Trinajstić information content (AvgIpc) is 2.87. The number of esters is 7. The van der Waals surface area contributed by atoms with E-state index in [4.69, 9.17) is 47.4 Å². The summed E-state index contributed by atoms with van der Waals surface area (Å²) in [6.07, 6.45) is -13.2. The highest BCUT2D eigenvalue weighted by molar-refractivity contribution is 9.09. The van der Waals surface area contributed by atoms with E-state index >= 15 is 0 Å². The zero-order chi connectivity index (χ0) is 33.3. The molecule has 2 heterocycles. The molecule has 0 N–H and O–H groups in total. The van der Waals surface area contributed by atoms with Crippen molar-refractivity contribution in [3.8, 4) is 0 Å². The first-order valence-electron chi connectivity index (χ1n) is 13.2. The Balaban J connectivity index is 2.66. The van der Waals surface area contributed by atoms with Crippen LogP contribution in [0.25, 0.3) is 0 Å². The van der Waals surface area contributed by atoms with Crippen molar-refractivity contribution >= 4 is 57.7 Å². The summed E-state index contributed by atoms with van der Waals surface area (Å²) in [5, 5.41) is -1.13. The quantitative estimate of drug-likeness (QED) is 0.158. The van der Waals surface area contributed by atoms with E-state index in [0.717, 1.165) is 48.5 Å². The first-order valence-corrected chi connectivity index (χ1v) is 14.1. The lowest BCUT2D eigenvalue weighted by Gasteiger charge is -2.48. The number of rotatable bonds is 11. The Kier molecular flexibility index (Phi) is 13.9. The lowest BCUT2D eigenvalue weighted by Crippen LogP contribution is -2.66. The van der Waals surface area contributed by atoms with Gasteiger partial charge in [0.05, 0.1) is 0 Å².